The molecule has 3 rings (SSSR count). The maximum absolute atomic E-state index is 8.80. The second kappa shape index (κ2) is 5.22. The fourth-order valence-electron chi connectivity index (χ4n) is 2.25. The van der Waals surface area contributed by atoms with E-state index in [1.165, 1.54) is 18.4 Å². The van der Waals surface area contributed by atoms with Crippen molar-refractivity contribution in [3.63, 3.8) is 0 Å². The zero-order valence-corrected chi connectivity index (χ0v) is 11.2. The predicted octanol–water partition coefficient (Wildman–Crippen LogP) is 3.01. The van der Waals surface area contributed by atoms with Gasteiger partial charge in [-0.05, 0) is 43.4 Å². The first-order valence-corrected chi connectivity index (χ1v) is 7.12. The first-order valence-electron chi connectivity index (χ1n) is 7.12. The van der Waals surface area contributed by atoms with Crippen molar-refractivity contribution in [3.05, 3.63) is 29.8 Å². The van der Waals surface area contributed by atoms with E-state index in [4.69, 9.17) is 10.00 Å². The van der Waals surface area contributed by atoms with E-state index < -0.39 is 0 Å². The number of benzene rings is 1. The summed E-state index contributed by atoms with van der Waals surface area (Å²) in [5.74, 6) is 0.930. The third-order valence-corrected chi connectivity index (χ3v) is 4.03. The smallest absolute Gasteiger partial charge is 0.119 e. The Morgan fingerprint density at radius 1 is 1.37 bits per heavy atom. The molecule has 0 unspecified atom stereocenters. The highest BCUT2D eigenvalue weighted by Crippen LogP contribution is 2.48. The van der Waals surface area contributed by atoms with Crippen molar-refractivity contribution in [2.24, 2.45) is 5.41 Å². The molecule has 0 amide bonds. The van der Waals surface area contributed by atoms with Gasteiger partial charge in [-0.2, -0.15) is 5.26 Å². The van der Waals surface area contributed by atoms with E-state index in [2.05, 4.69) is 23.5 Å². The first kappa shape index (κ1) is 12.5. The van der Waals surface area contributed by atoms with E-state index in [1.54, 1.807) is 0 Å². The summed E-state index contributed by atoms with van der Waals surface area (Å²) in [5.41, 5.74) is 1.42. The Hall–Kier alpha value is -1.53. The molecule has 0 aliphatic heterocycles. The molecule has 2 aliphatic carbocycles. The van der Waals surface area contributed by atoms with Crippen molar-refractivity contribution in [1.29, 1.82) is 5.26 Å². The summed E-state index contributed by atoms with van der Waals surface area (Å²) < 4.78 is 5.87. The van der Waals surface area contributed by atoms with Crippen molar-refractivity contribution in [2.45, 2.75) is 44.7 Å². The number of nitrogens with zero attached hydrogens (tertiary/aromatic N) is 1. The fourth-order valence-corrected chi connectivity index (χ4v) is 2.25. The van der Waals surface area contributed by atoms with Crippen molar-refractivity contribution in [2.75, 3.05) is 6.61 Å². The molecule has 3 heteroatoms. The maximum atomic E-state index is 8.80. The van der Waals surface area contributed by atoms with Crippen molar-refractivity contribution in [3.8, 4) is 11.8 Å². The summed E-state index contributed by atoms with van der Waals surface area (Å²) in [6.07, 6.45) is 5.50. The molecule has 2 fully saturated rings. The van der Waals surface area contributed by atoms with Crippen LogP contribution in [0.3, 0.4) is 0 Å². The lowest BCUT2D eigenvalue weighted by Gasteiger charge is -2.13. The maximum Gasteiger partial charge on any atom is 0.119 e. The number of hydrogen-bond donors (Lipinski definition) is 1. The van der Waals surface area contributed by atoms with Gasteiger partial charge in [0.1, 0.15) is 5.75 Å². The van der Waals surface area contributed by atoms with Crippen LogP contribution in [0.25, 0.3) is 0 Å². The quantitative estimate of drug-likeness (QED) is 0.815. The van der Waals surface area contributed by atoms with Crippen molar-refractivity contribution < 1.29 is 4.74 Å². The molecule has 1 N–H and O–H groups in total. The highest BCUT2D eigenvalue weighted by atomic mass is 16.5. The van der Waals surface area contributed by atoms with Crippen molar-refractivity contribution in [1.82, 2.24) is 5.32 Å². The van der Waals surface area contributed by atoms with Gasteiger partial charge in [0.15, 0.2) is 0 Å². The average Bonchev–Trinajstić information content (AvgIpc) is 3.32. The van der Waals surface area contributed by atoms with Gasteiger partial charge >= 0.3 is 0 Å². The molecule has 0 atom stereocenters. The van der Waals surface area contributed by atoms with E-state index in [9.17, 15) is 0 Å². The van der Waals surface area contributed by atoms with E-state index in [0.717, 1.165) is 31.2 Å². The van der Waals surface area contributed by atoms with Gasteiger partial charge in [0.25, 0.3) is 0 Å². The highest BCUT2D eigenvalue weighted by molar-refractivity contribution is 5.28. The summed E-state index contributed by atoms with van der Waals surface area (Å²) in [6, 6.07) is 11.3. The largest absolute Gasteiger partial charge is 0.493 e. The molecule has 1 aromatic carbocycles. The molecule has 0 heterocycles. The lowest BCUT2D eigenvalue weighted by Crippen LogP contribution is -2.15. The summed E-state index contributed by atoms with van der Waals surface area (Å²) in [4.78, 5) is 0. The molecule has 3 nitrogen and oxygen atoms in total. The minimum absolute atomic E-state index is 0.150. The van der Waals surface area contributed by atoms with E-state index >= 15 is 0 Å². The molecule has 0 aromatic heterocycles. The molecule has 0 spiro atoms. The van der Waals surface area contributed by atoms with Crippen LogP contribution in [0.5, 0.6) is 5.75 Å². The second-order valence-electron chi connectivity index (χ2n) is 5.93. The second-order valence-corrected chi connectivity index (χ2v) is 5.93. The molecule has 2 saturated carbocycles. The standard InChI is InChI=1S/C16H20N2O/c17-9-8-16(6-7-16)12-19-15-3-1-2-13(10-15)11-18-14-4-5-14/h1-3,10,14,18H,4-8,11-12H2. The van der Waals surface area contributed by atoms with Crippen LogP contribution in [-0.4, -0.2) is 12.6 Å². The Bertz CT molecular complexity index is 484. The van der Waals surface area contributed by atoms with Crippen LogP contribution >= 0.6 is 0 Å². The van der Waals surface area contributed by atoms with E-state index in [0.29, 0.717) is 13.0 Å². The molecule has 2 aliphatic rings. The topological polar surface area (TPSA) is 45.0 Å². The van der Waals surface area contributed by atoms with Crippen LogP contribution in [0.15, 0.2) is 24.3 Å². The number of ether oxygens (including phenoxy) is 1. The Morgan fingerprint density at radius 2 is 2.21 bits per heavy atom. The SMILES string of the molecule is N#CCC1(COc2cccc(CNC3CC3)c2)CC1. The minimum Gasteiger partial charge on any atom is -0.493 e. The Kier molecular flexibility index (Phi) is 3.44. The summed E-state index contributed by atoms with van der Waals surface area (Å²) in [6.45, 7) is 1.60. The molecule has 100 valence electrons. The molecule has 0 bridgehead atoms. The molecule has 0 radical (unpaired) electrons. The van der Waals surface area contributed by atoms with Gasteiger partial charge in [-0.1, -0.05) is 12.1 Å². The van der Waals surface area contributed by atoms with E-state index in [1.807, 2.05) is 12.1 Å². The third kappa shape index (κ3) is 3.48. The van der Waals surface area contributed by atoms with Crippen LogP contribution in [0.2, 0.25) is 0 Å². The summed E-state index contributed by atoms with van der Waals surface area (Å²) in [5, 5.41) is 12.3. The van der Waals surface area contributed by atoms with Gasteiger partial charge in [-0.25, -0.2) is 0 Å². The van der Waals surface area contributed by atoms with Gasteiger partial charge in [0.05, 0.1) is 12.7 Å². The molecular formula is C16H20N2O. The van der Waals surface area contributed by atoms with Crippen LogP contribution in [0.1, 0.15) is 37.7 Å². The molecule has 0 saturated heterocycles. The summed E-state index contributed by atoms with van der Waals surface area (Å²) >= 11 is 0. The lowest BCUT2D eigenvalue weighted by atomic mass is 10.1. The number of nitriles is 1. The number of rotatable bonds is 7. The van der Waals surface area contributed by atoms with E-state index in [-0.39, 0.29) is 5.41 Å². The van der Waals surface area contributed by atoms with Gasteiger partial charge in [-0.15, -0.1) is 0 Å². The molecule has 1 aromatic rings. The Balaban J connectivity index is 1.52. The zero-order chi connectivity index (χ0) is 13.1. The van der Waals surface area contributed by atoms with Crippen molar-refractivity contribution >= 4 is 0 Å². The number of nitrogens with one attached hydrogen (secondary N) is 1. The van der Waals surface area contributed by atoms with Crippen LogP contribution in [0, 0.1) is 16.7 Å². The van der Waals surface area contributed by atoms with Crippen LogP contribution in [0.4, 0.5) is 0 Å². The van der Waals surface area contributed by atoms with Gasteiger partial charge in [0.2, 0.25) is 0 Å². The van der Waals surface area contributed by atoms with Gasteiger partial charge in [-0.3, -0.25) is 0 Å². The highest BCUT2D eigenvalue weighted by Gasteiger charge is 2.43. The zero-order valence-electron chi connectivity index (χ0n) is 11.2. The summed E-state index contributed by atoms with van der Waals surface area (Å²) in [7, 11) is 0. The minimum atomic E-state index is 0.150. The third-order valence-electron chi connectivity index (χ3n) is 4.03. The Morgan fingerprint density at radius 3 is 2.89 bits per heavy atom. The monoisotopic (exact) mass is 256 g/mol. The van der Waals surface area contributed by atoms with Crippen LogP contribution < -0.4 is 10.1 Å². The average molecular weight is 256 g/mol. The predicted molar refractivity (Wildman–Crippen MR) is 73.7 cm³/mol. The first-order chi connectivity index (χ1) is 9.30. The van der Waals surface area contributed by atoms with Gasteiger partial charge < -0.3 is 10.1 Å². The lowest BCUT2D eigenvalue weighted by molar-refractivity contribution is 0.236. The molecule has 19 heavy (non-hydrogen) atoms. The fraction of sp³-hybridized carbons (Fsp3) is 0.562. The van der Waals surface area contributed by atoms with Crippen LogP contribution in [-0.2, 0) is 6.54 Å². The van der Waals surface area contributed by atoms with Gasteiger partial charge in [0, 0.05) is 24.4 Å². The molecular weight excluding hydrogens is 236 g/mol. The normalized spacial score (nSPS) is 19.7. The Labute approximate surface area is 114 Å². The number of hydrogen-bond acceptors (Lipinski definition) is 3.